The smallest absolute Gasteiger partial charge is 0.376 e. The van der Waals surface area contributed by atoms with Crippen LogP contribution in [0, 0.1) is 0 Å². The number of hydrogen-bond donors (Lipinski definition) is 4. The summed E-state index contributed by atoms with van der Waals surface area (Å²) in [6.45, 7) is 5.30. The Labute approximate surface area is 83.7 Å². The van der Waals surface area contributed by atoms with Crippen molar-refractivity contribution in [1.29, 1.82) is 0 Å². The Morgan fingerprint density at radius 3 is 1.79 bits per heavy atom. The Hall–Kier alpha value is -0.230. The van der Waals surface area contributed by atoms with Gasteiger partial charge in [0.1, 0.15) is 5.72 Å². The molecule has 0 aromatic heterocycles. The molecule has 1 unspecified atom stereocenters. The third-order valence-electron chi connectivity index (χ3n) is 1.49. The van der Waals surface area contributed by atoms with Crippen molar-refractivity contribution in [3.05, 3.63) is 12.7 Å². The fourth-order valence-corrected chi connectivity index (χ4v) is 0.456. The average molecular weight is 227 g/mol. The number of nitrogens with zero attached hydrogens (tertiary/aromatic N) is 1. The average Bonchev–Trinajstić information content (AvgIpc) is 1.82. The second-order valence-corrected chi connectivity index (χ2v) is 4.14. The van der Waals surface area contributed by atoms with Gasteiger partial charge < -0.3 is 19.8 Å². The fraction of sp³-hybridized carbons (Fsp3) is 0.714. The summed E-state index contributed by atoms with van der Waals surface area (Å²) < 4.78 is 8.88. The fourth-order valence-electron chi connectivity index (χ4n) is 0.456. The van der Waals surface area contributed by atoms with Crippen molar-refractivity contribution in [3.8, 4) is 0 Å². The first-order valence-corrected chi connectivity index (χ1v) is 5.36. The van der Waals surface area contributed by atoms with Gasteiger partial charge in [0.15, 0.2) is 0 Å². The van der Waals surface area contributed by atoms with Gasteiger partial charge in [0.25, 0.3) is 0 Å². The molecule has 4 N–H and O–H groups in total. The van der Waals surface area contributed by atoms with Crippen LogP contribution in [0.3, 0.4) is 0 Å². The summed E-state index contributed by atoms with van der Waals surface area (Å²) >= 11 is 0. The van der Waals surface area contributed by atoms with E-state index in [9.17, 15) is 5.11 Å². The second-order valence-electron chi connectivity index (χ2n) is 3.12. The van der Waals surface area contributed by atoms with E-state index in [4.69, 9.17) is 19.2 Å². The first-order chi connectivity index (χ1) is 6.00. The van der Waals surface area contributed by atoms with Crippen LogP contribution >= 0.6 is 7.82 Å². The molecule has 0 heterocycles. The van der Waals surface area contributed by atoms with Gasteiger partial charge in [-0.1, -0.05) is 6.08 Å². The molecule has 0 spiro atoms. The number of hydrogen-bond acceptors (Lipinski definition) is 3. The Morgan fingerprint density at radius 2 is 1.71 bits per heavy atom. The van der Waals surface area contributed by atoms with Gasteiger partial charge >= 0.3 is 7.82 Å². The van der Waals surface area contributed by atoms with E-state index in [1.807, 2.05) is 14.1 Å². The lowest BCUT2D eigenvalue weighted by molar-refractivity contribution is -0.0623. The normalized spacial score (nSPS) is 15.4. The van der Waals surface area contributed by atoms with Crippen LogP contribution < -0.4 is 0 Å². The SMILES string of the molecule is C=CCC(C)(O)N(C)C.O=P(O)(O)O. The Bertz CT molecular complexity index is 202. The molecule has 0 radical (unpaired) electrons. The van der Waals surface area contributed by atoms with Gasteiger partial charge in [-0.2, -0.15) is 0 Å². The minimum atomic E-state index is -4.64. The number of rotatable bonds is 3. The molecule has 0 aliphatic carbocycles. The molecule has 0 rings (SSSR count). The maximum absolute atomic E-state index is 9.45. The molecule has 14 heavy (non-hydrogen) atoms. The van der Waals surface area contributed by atoms with E-state index in [1.165, 1.54) is 0 Å². The predicted molar refractivity (Wildman–Crippen MR) is 53.4 cm³/mol. The molecule has 1 atom stereocenters. The van der Waals surface area contributed by atoms with E-state index in [0.29, 0.717) is 6.42 Å². The summed E-state index contributed by atoms with van der Waals surface area (Å²) in [6.07, 6.45) is 2.31. The highest BCUT2D eigenvalue weighted by Crippen LogP contribution is 2.25. The largest absolute Gasteiger partial charge is 0.466 e. The molecule has 7 heteroatoms. The zero-order valence-electron chi connectivity index (χ0n) is 8.58. The number of phosphoric acid groups is 1. The van der Waals surface area contributed by atoms with Crippen molar-refractivity contribution in [3.63, 3.8) is 0 Å². The lowest BCUT2D eigenvalue weighted by Gasteiger charge is -2.29. The second kappa shape index (κ2) is 6.29. The summed E-state index contributed by atoms with van der Waals surface area (Å²) in [7, 11) is -0.965. The minimum Gasteiger partial charge on any atom is -0.376 e. The molecular weight excluding hydrogens is 209 g/mol. The van der Waals surface area contributed by atoms with Gasteiger partial charge in [-0.05, 0) is 21.0 Å². The van der Waals surface area contributed by atoms with E-state index < -0.39 is 13.5 Å². The molecule has 6 nitrogen and oxygen atoms in total. The summed E-state index contributed by atoms with van der Waals surface area (Å²) in [5.74, 6) is 0. The van der Waals surface area contributed by atoms with Crippen LogP contribution in [0.5, 0.6) is 0 Å². The third kappa shape index (κ3) is 14.3. The molecule has 0 fully saturated rings. The van der Waals surface area contributed by atoms with E-state index >= 15 is 0 Å². The van der Waals surface area contributed by atoms with Gasteiger partial charge in [0.05, 0.1) is 0 Å². The first-order valence-electron chi connectivity index (χ1n) is 3.79. The number of aliphatic hydroxyl groups is 1. The van der Waals surface area contributed by atoms with E-state index in [-0.39, 0.29) is 0 Å². The molecule has 0 amide bonds. The van der Waals surface area contributed by atoms with Gasteiger partial charge in [0.2, 0.25) is 0 Å². The molecular formula is C7H18NO5P. The zero-order chi connectivity index (χ0) is 12.0. The molecule has 0 aromatic rings. The summed E-state index contributed by atoms with van der Waals surface area (Å²) in [5.41, 5.74) is -0.734. The Morgan fingerprint density at radius 1 is 1.43 bits per heavy atom. The Balaban J connectivity index is 0. The lowest BCUT2D eigenvalue weighted by atomic mass is 10.1. The molecule has 0 bridgehead atoms. The van der Waals surface area contributed by atoms with Crippen LogP contribution in [0.15, 0.2) is 12.7 Å². The molecule has 0 saturated carbocycles. The van der Waals surface area contributed by atoms with Crippen molar-refractivity contribution in [1.82, 2.24) is 4.90 Å². The molecule has 86 valence electrons. The monoisotopic (exact) mass is 227 g/mol. The van der Waals surface area contributed by atoms with Crippen LogP contribution in [0.25, 0.3) is 0 Å². The Kier molecular flexibility index (Phi) is 7.28. The summed E-state index contributed by atoms with van der Waals surface area (Å²) in [5, 5.41) is 9.45. The summed E-state index contributed by atoms with van der Waals surface area (Å²) in [4.78, 5) is 23.3. The topological polar surface area (TPSA) is 101 Å². The van der Waals surface area contributed by atoms with Crippen LogP contribution in [-0.4, -0.2) is 44.5 Å². The van der Waals surface area contributed by atoms with Crippen molar-refractivity contribution < 1.29 is 24.4 Å². The van der Waals surface area contributed by atoms with Crippen LogP contribution in [0.4, 0.5) is 0 Å². The minimum absolute atomic E-state index is 0.597. The maximum atomic E-state index is 9.45. The molecule has 0 aliphatic rings. The molecule has 0 aliphatic heterocycles. The van der Waals surface area contributed by atoms with Crippen molar-refractivity contribution in [2.75, 3.05) is 14.1 Å². The van der Waals surface area contributed by atoms with Crippen LogP contribution in [-0.2, 0) is 4.57 Å². The van der Waals surface area contributed by atoms with E-state index in [0.717, 1.165) is 0 Å². The van der Waals surface area contributed by atoms with Crippen molar-refractivity contribution in [2.45, 2.75) is 19.1 Å². The zero-order valence-corrected chi connectivity index (χ0v) is 9.48. The highest BCUT2D eigenvalue weighted by molar-refractivity contribution is 7.45. The highest BCUT2D eigenvalue weighted by atomic mass is 31.2. The third-order valence-corrected chi connectivity index (χ3v) is 1.49. The van der Waals surface area contributed by atoms with Crippen molar-refractivity contribution in [2.24, 2.45) is 0 Å². The van der Waals surface area contributed by atoms with Crippen molar-refractivity contribution >= 4 is 7.82 Å². The van der Waals surface area contributed by atoms with Gasteiger partial charge in [-0.25, -0.2) is 4.57 Å². The summed E-state index contributed by atoms with van der Waals surface area (Å²) in [6, 6.07) is 0. The lowest BCUT2D eigenvalue weighted by Crippen LogP contribution is -2.40. The van der Waals surface area contributed by atoms with Gasteiger partial charge in [0, 0.05) is 6.42 Å². The van der Waals surface area contributed by atoms with E-state index in [1.54, 1.807) is 17.9 Å². The van der Waals surface area contributed by atoms with Gasteiger partial charge in [-0.3, -0.25) is 4.90 Å². The maximum Gasteiger partial charge on any atom is 0.466 e. The first kappa shape index (κ1) is 16.2. The molecule has 0 aromatic carbocycles. The standard InChI is InChI=1S/C7H15NO.H3O4P/c1-5-6-7(2,9)8(3)4;1-5(2,3)4/h5,9H,1,6H2,2-4H3;(H3,1,2,3,4). The van der Waals surface area contributed by atoms with Crippen LogP contribution in [0.1, 0.15) is 13.3 Å². The van der Waals surface area contributed by atoms with E-state index in [2.05, 4.69) is 6.58 Å². The molecule has 0 saturated heterocycles. The van der Waals surface area contributed by atoms with Crippen LogP contribution in [0.2, 0.25) is 0 Å². The van der Waals surface area contributed by atoms with Gasteiger partial charge in [-0.15, -0.1) is 6.58 Å². The quantitative estimate of drug-likeness (QED) is 0.305. The highest BCUT2D eigenvalue weighted by Gasteiger charge is 2.19. The predicted octanol–water partition coefficient (Wildman–Crippen LogP) is -0.0960.